The first-order chi connectivity index (χ1) is 48.5. The molecule has 0 radical (unpaired) electrons. The first-order valence-corrected chi connectivity index (χ1v) is 33.5. The zero-order chi connectivity index (χ0) is 76.5. The lowest BCUT2D eigenvalue weighted by atomic mass is 9.69. The van der Waals surface area contributed by atoms with Gasteiger partial charge in [-0.15, -0.1) is 0 Å². The molecule has 8 N–H and O–H groups in total. The van der Waals surface area contributed by atoms with Crippen LogP contribution in [0.15, 0.2) is 182 Å². The van der Waals surface area contributed by atoms with Crippen LogP contribution in [0.1, 0.15) is 175 Å². The van der Waals surface area contributed by atoms with Gasteiger partial charge in [0.1, 0.15) is 46.0 Å². The summed E-state index contributed by atoms with van der Waals surface area (Å²) in [4.78, 5) is 0. The Hall–Kier alpha value is -10.2. The molecule has 10 aromatic rings. The fraction of sp³-hybridized carbons (Fsp3) is 0.286. The van der Waals surface area contributed by atoms with Gasteiger partial charge in [0.15, 0.2) is 0 Å². The van der Waals surface area contributed by atoms with E-state index in [0.29, 0.717) is 112 Å². The Morgan fingerprint density at radius 3 is 0.837 bits per heavy atom. The van der Waals surface area contributed by atoms with Crippen LogP contribution in [-0.4, -0.2) is 65.6 Å². The van der Waals surface area contributed by atoms with Crippen LogP contribution in [0.5, 0.6) is 46.0 Å². The van der Waals surface area contributed by atoms with Gasteiger partial charge in [0.05, 0.1) is 0 Å². The number of hydrogen-bond acceptors (Lipinski definition) is 8. The second-order valence-corrected chi connectivity index (χ2v) is 27.7. The number of rotatable bonds is 19. The third-order valence-corrected chi connectivity index (χ3v) is 21.5. The monoisotopic (exact) mass is 1440 g/mol. The van der Waals surface area contributed by atoms with E-state index >= 15 is 52.7 Å². The van der Waals surface area contributed by atoms with Crippen molar-refractivity contribution in [3.8, 4) is 46.0 Å². The van der Waals surface area contributed by atoms with Gasteiger partial charge in [0, 0.05) is 44.9 Å². The first kappa shape index (κ1) is 76.4. The highest BCUT2D eigenvalue weighted by Gasteiger charge is 2.74. The normalized spacial score (nSPS) is 14.4. The Morgan fingerprint density at radius 1 is 0.279 bits per heavy atom. The minimum absolute atomic E-state index is 0.0296. The van der Waals surface area contributed by atoms with E-state index in [1.54, 1.807) is 87.5 Å². The van der Waals surface area contributed by atoms with Gasteiger partial charge in [0.25, 0.3) is 0 Å². The Balaban J connectivity index is 1.31. The number of hydrogen-bond donors (Lipinski definition) is 8. The quantitative estimate of drug-likeness (QED) is 0.0293. The number of aryl methyl sites for hydroxylation is 8. The molecule has 0 fully saturated rings. The zero-order valence-corrected chi connectivity index (χ0v) is 58.4. The Kier molecular flexibility index (Phi) is 20.4. The van der Waals surface area contributed by atoms with Crippen molar-refractivity contribution in [2.45, 2.75) is 153 Å². The minimum atomic E-state index is -6.42. The molecular weight excluding hydrogens is 1360 g/mol. The zero-order valence-electron chi connectivity index (χ0n) is 58.4. The van der Waals surface area contributed by atoms with Gasteiger partial charge in [-0.3, -0.25) is 0 Å². The summed E-state index contributed by atoms with van der Waals surface area (Å²) >= 11 is 0. The summed E-state index contributed by atoms with van der Waals surface area (Å²) in [7, 11) is 0. The van der Waals surface area contributed by atoms with Crippen molar-refractivity contribution in [3.63, 3.8) is 0 Å². The van der Waals surface area contributed by atoms with Gasteiger partial charge in [-0.25, -0.2) is 0 Å². The molecule has 8 nitrogen and oxygen atoms in total. The third kappa shape index (κ3) is 13.0. The molecule has 10 aromatic carbocycles. The van der Waals surface area contributed by atoms with Crippen LogP contribution in [0.2, 0.25) is 0 Å². The van der Waals surface area contributed by atoms with E-state index < -0.39 is 155 Å². The summed E-state index contributed by atoms with van der Waals surface area (Å²) in [6.45, 7) is 15.9. The lowest BCUT2D eigenvalue weighted by Gasteiger charge is -2.40. The summed E-state index contributed by atoms with van der Waals surface area (Å²) in [6.07, 6.45) is -26.1. The van der Waals surface area contributed by atoms with Crippen molar-refractivity contribution in [1.82, 2.24) is 0 Å². The van der Waals surface area contributed by atoms with Crippen LogP contribution < -0.4 is 0 Å². The standard InChI is InChI=1S/C84H78F12O8/c1-11-77(9,55-25-29-67(97)45(3)33-55)59-37-49(7)73(101)63(41-59)71(51-19-15-13-16-20-51)65-42-60(78(10,12-2)56-26-30-68(98)46(4)34-56)39-53(75(65)103)23-24-54-40-62(80(83(91,92)93,84(94,95)96)58-28-32-70(100)48(6)36-58)44-66(76(54)104)72(52-21-17-14-18-22-52)64-43-61(38-50(8)74(64)102)79(81(85,86)87,82(88,89)90)57-27-31-69(99)47(5)35-57/h13-22,25-44,71-72,97-104H,11-12,23-24H2,1-10H3. The molecule has 104 heavy (non-hydrogen) atoms. The van der Waals surface area contributed by atoms with Crippen LogP contribution in [0.4, 0.5) is 52.7 Å². The largest absolute Gasteiger partial charge is 0.508 e. The number of halogens is 12. The van der Waals surface area contributed by atoms with Crippen LogP contribution in [0.25, 0.3) is 0 Å². The molecule has 4 atom stereocenters. The summed E-state index contributed by atoms with van der Waals surface area (Å²) in [5, 5.41) is 94.0. The highest BCUT2D eigenvalue weighted by Crippen LogP contribution is 2.61. The second-order valence-electron chi connectivity index (χ2n) is 27.7. The van der Waals surface area contributed by atoms with E-state index in [0.717, 1.165) is 26.3 Å². The highest BCUT2D eigenvalue weighted by atomic mass is 19.4. The third-order valence-electron chi connectivity index (χ3n) is 21.5. The number of phenolic OH excluding ortho intramolecular Hbond substituents is 8. The molecule has 0 saturated heterocycles. The lowest BCUT2D eigenvalue weighted by Crippen LogP contribution is -2.55. The molecular formula is C84H78F12O8. The number of benzene rings is 10. The van der Waals surface area contributed by atoms with Gasteiger partial charge in [-0.05, 0) is 204 Å². The molecule has 20 heteroatoms. The van der Waals surface area contributed by atoms with Crippen molar-refractivity contribution in [2.75, 3.05) is 0 Å². The fourth-order valence-corrected chi connectivity index (χ4v) is 14.9. The average molecular weight is 1440 g/mol. The van der Waals surface area contributed by atoms with Crippen molar-refractivity contribution >= 4 is 0 Å². The van der Waals surface area contributed by atoms with Crippen molar-refractivity contribution < 1.29 is 93.5 Å². The maximum absolute atomic E-state index is 16.8. The molecule has 0 aromatic heterocycles. The SMILES string of the molecule is CCC(C)(c1ccc(O)c(C)c1)c1cc(C)c(O)c(C(c2ccccc2)c2cc(C(C)(CC)c3ccc(O)c(C)c3)cc(CCc3cc(C(c4ccc(O)c(C)c4)(C(F)(F)F)C(F)(F)F)cc(C(c4ccccc4)c4cc(C(c5ccc(O)c(C)c5)(C(F)(F)F)C(F)(F)F)cc(C)c4O)c3O)c2O)c1. The topological polar surface area (TPSA) is 162 Å². The lowest BCUT2D eigenvalue weighted by molar-refractivity contribution is -0.290. The number of aromatic hydroxyl groups is 8. The summed E-state index contributed by atoms with van der Waals surface area (Å²) in [5.41, 5.74) is -17.9. The predicted octanol–water partition coefficient (Wildman–Crippen LogP) is 21.6. The molecule has 10 rings (SSSR count). The van der Waals surface area contributed by atoms with Crippen LogP contribution >= 0.6 is 0 Å². The Labute approximate surface area is 594 Å². The molecule has 0 bridgehead atoms. The van der Waals surface area contributed by atoms with E-state index in [-0.39, 0.29) is 39.5 Å². The Bertz CT molecular complexity index is 4860. The van der Waals surface area contributed by atoms with Crippen LogP contribution in [-0.2, 0) is 34.5 Å². The van der Waals surface area contributed by atoms with Gasteiger partial charge in [0.2, 0.25) is 10.8 Å². The van der Waals surface area contributed by atoms with E-state index in [4.69, 9.17) is 0 Å². The molecule has 0 saturated carbocycles. The minimum Gasteiger partial charge on any atom is -0.508 e. The highest BCUT2D eigenvalue weighted by molar-refractivity contribution is 5.65. The van der Waals surface area contributed by atoms with E-state index in [2.05, 4.69) is 0 Å². The molecule has 0 heterocycles. The molecule has 546 valence electrons. The Morgan fingerprint density at radius 2 is 0.529 bits per heavy atom. The van der Waals surface area contributed by atoms with Gasteiger partial charge in [-0.2, -0.15) is 52.7 Å². The fourth-order valence-electron chi connectivity index (χ4n) is 14.9. The summed E-state index contributed by atoms with van der Waals surface area (Å²) in [6, 6.07) is 36.5. The van der Waals surface area contributed by atoms with Crippen LogP contribution in [0, 0.1) is 41.5 Å². The molecule has 0 amide bonds. The van der Waals surface area contributed by atoms with E-state index in [1.807, 2.05) is 45.9 Å². The van der Waals surface area contributed by atoms with Crippen molar-refractivity contribution in [2.24, 2.45) is 0 Å². The smallest absolute Gasteiger partial charge is 0.411 e. The maximum Gasteiger partial charge on any atom is 0.411 e. The molecule has 4 unspecified atom stereocenters. The van der Waals surface area contributed by atoms with Crippen molar-refractivity contribution in [1.29, 1.82) is 0 Å². The second kappa shape index (κ2) is 27.8. The van der Waals surface area contributed by atoms with Crippen molar-refractivity contribution in [3.05, 3.63) is 304 Å². The average Bonchev–Trinajstić information content (AvgIpc) is 0.712. The summed E-state index contributed by atoms with van der Waals surface area (Å²) in [5.74, 6) is -7.60. The van der Waals surface area contributed by atoms with E-state index in [1.165, 1.54) is 36.4 Å². The molecule has 0 spiro atoms. The van der Waals surface area contributed by atoms with E-state index in [9.17, 15) is 40.9 Å². The molecule has 0 aliphatic rings. The van der Waals surface area contributed by atoms with Gasteiger partial charge < -0.3 is 40.9 Å². The number of phenols is 8. The van der Waals surface area contributed by atoms with Gasteiger partial charge >= 0.3 is 24.7 Å². The molecule has 0 aliphatic carbocycles. The number of alkyl halides is 12. The molecule has 0 aliphatic heterocycles. The van der Waals surface area contributed by atoms with Gasteiger partial charge in [-0.1, -0.05) is 173 Å². The maximum atomic E-state index is 16.8. The predicted molar refractivity (Wildman–Crippen MR) is 375 cm³/mol. The van der Waals surface area contributed by atoms with Crippen LogP contribution in [0.3, 0.4) is 0 Å². The first-order valence-electron chi connectivity index (χ1n) is 33.5. The summed E-state index contributed by atoms with van der Waals surface area (Å²) < 4.78 is 198.